The lowest BCUT2D eigenvalue weighted by Crippen LogP contribution is -2.49. The zero-order chi connectivity index (χ0) is 19.6. The quantitative estimate of drug-likeness (QED) is 0.662. The van der Waals surface area contributed by atoms with Crippen molar-refractivity contribution in [3.05, 3.63) is 47.3 Å². The van der Waals surface area contributed by atoms with Gasteiger partial charge in [0.1, 0.15) is 0 Å². The van der Waals surface area contributed by atoms with Gasteiger partial charge < -0.3 is 19.4 Å². The number of ether oxygens (including phenoxy) is 1. The highest BCUT2D eigenvalue weighted by atomic mass is 32.1. The number of piperazine rings is 1. The smallest absolute Gasteiger partial charge is 0.264 e. The number of amides is 1. The minimum Gasteiger partial charge on any atom is -0.378 e. The molecule has 5 rings (SSSR count). The van der Waals surface area contributed by atoms with Crippen molar-refractivity contribution in [1.82, 2.24) is 15.1 Å². The second kappa shape index (κ2) is 7.96. The molecule has 7 nitrogen and oxygen atoms in total. The molecule has 0 unspecified atom stereocenters. The Morgan fingerprint density at radius 2 is 1.52 bits per heavy atom. The average molecular weight is 410 g/mol. The number of carbonyl (C=O) groups excluding carboxylic acids is 1. The van der Waals surface area contributed by atoms with Crippen LogP contribution in [-0.2, 0) is 4.74 Å². The van der Waals surface area contributed by atoms with Crippen LogP contribution < -0.4 is 9.80 Å². The molecule has 2 aromatic heterocycles. The van der Waals surface area contributed by atoms with E-state index in [0.717, 1.165) is 66.0 Å². The summed E-state index contributed by atoms with van der Waals surface area (Å²) in [5, 5.41) is 9.96. The molecule has 8 heteroatoms. The van der Waals surface area contributed by atoms with Gasteiger partial charge in [-0.2, -0.15) is 0 Å². The van der Waals surface area contributed by atoms with Crippen molar-refractivity contribution < 1.29 is 9.53 Å². The second-order valence-electron chi connectivity index (χ2n) is 7.28. The first-order valence-corrected chi connectivity index (χ1v) is 10.8. The summed E-state index contributed by atoms with van der Waals surface area (Å²) in [6.07, 6.45) is 0. The first kappa shape index (κ1) is 18.3. The number of anilines is 2. The van der Waals surface area contributed by atoms with Crippen LogP contribution in [0.3, 0.4) is 0 Å². The molecule has 0 saturated carbocycles. The lowest BCUT2D eigenvalue weighted by atomic mass is 10.2. The maximum Gasteiger partial charge on any atom is 0.264 e. The summed E-state index contributed by atoms with van der Waals surface area (Å²) >= 11 is 1.57. The third-order valence-corrected chi connectivity index (χ3v) is 6.60. The number of carbonyl (C=O) groups is 1. The van der Waals surface area contributed by atoms with Crippen LogP contribution in [0.1, 0.15) is 9.67 Å². The number of hydrogen-bond donors (Lipinski definition) is 0. The molecule has 3 aromatic rings. The van der Waals surface area contributed by atoms with Gasteiger partial charge in [0.2, 0.25) is 0 Å². The summed E-state index contributed by atoms with van der Waals surface area (Å²) in [7, 11) is 0. The fourth-order valence-corrected chi connectivity index (χ4v) is 4.86. The molecule has 0 spiro atoms. The van der Waals surface area contributed by atoms with E-state index in [1.165, 1.54) is 0 Å². The molecule has 150 valence electrons. The minimum absolute atomic E-state index is 0.125. The molecule has 29 heavy (non-hydrogen) atoms. The minimum atomic E-state index is 0.125. The maximum absolute atomic E-state index is 12.9. The molecule has 0 atom stereocenters. The standard InChI is InChI=1S/C21H23N5O2S/c27-21(18-15-16-3-1-2-4-17(16)29-18)26-9-7-24(8-10-26)19-5-6-20(23-22-19)25-11-13-28-14-12-25/h1-6,15H,7-14H2. The Morgan fingerprint density at radius 1 is 0.862 bits per heavy atom. The first-order valence-electron chi connectivity index (χ1n) is 9.97. The largest absolute Gasteiger partial charge is 0.378 e. The van der Waals surface area contributed by atoms with Crippen LogP contribution in [0.2, 0.25) is 0 Å². The van der Waals surface area contributed by atoms with E-state index in [9.17, 15) is 4.79 Å². The second-order valence-corrected chi connectivity index (χ2v) is 8.36. The van der Waals surface area contributed by atoms with Gasteiger partial charge in [-0.05, 0) is 29.7 Å². The molecular formula is C21H23N5O2S. The van der Waals surface area contributed by atoms with Crippen LogP contribution in [0.5, 0.6) is 0 Å². The maximum atomic E-state index is 12.9. The van der Waals surface area contributed by atoms with E-state index < -0.39 is 0 Å². The van der Waals surface area contributed by atoms with E-state index in [1.807, 2.05) is 35.2 Å². The number of benzene rings is 1. The predicted molar refractivity (Wildman–Crippen MR) is 115 cm³/mol. The fourth-order valence-electron chi connectivity index (χ4n) is 3.83. The summed E-state index contributed by atoms with van der Waals surface area (Å²) in [5.41, 5.74) is 0. The third kappa shape index (κ3) is 3.77. The molecule has 0 aliphatic carbocycles. The van der Waals surface area contributed by atoms with Gasteiger partial charge in [0, 0.05) is 44.0 Å². The molecule has 2 fully saturated rings. The molecule has 1 aromatic carbocycles. The van der Waals surface area contributed by atoms with E-state index in [0.29, 0.717) is 13.1 Å². The molecular weight excluding hydrogens is 386 g/mol. The Labute approximate surface area is 173 Å². The number of fused-ring (bicyclic) bond motifs is 1. The molecule has 0 N–H and O–H groups in total. The number of hydrogen-bond acceptors (Lipinski definition) is 7. The Kier molecular flexibility index (Phi) is 5.03. The molecule has 2 aliphatic heterocycles. The summed E-state index contributed by atoms with van der Waals surface area (Å²) in [4.78, 5) is 20.1. The monoisotopic (exact) mass is 409 g/mol. The molecule has 1 amide bonds. The summed E-state index contributed by atoms with van der Waals surface area (Å²) in [6.45, 7) is 6.10. The van der Waals surface area contributed by atoms with Crippen LogP contribution >= 0.6 is 11.3 Å². The van der Waals surface area contributed by atoms with Crippen molar-refractivity contribution in [2.75, 3.05) is 62.3 Å². The van der Waals surface area contributed by atoms with E-state index in [1.54, 1.807) is 11.3 Å². The van der Waals surface area contributed by atoms with Crippen LogP contribution in [-0.4, -0.2) is 73.5 Å². The van der Waals surface area contributed by atoms with Crippen molar-refractivity contribution >= 4 is 39.0 Å². The SMILES string of the molecule is O=C(c1cc2ccccc2s1)N1CCN(c2ccc(N3CCOCC3)nn2)CC1. The Balaban J connectivity index is 1.21. The zero-order valence-electron chi connectivity index (χ0n) is 16.2. The zero-order valence-corrected chi connectivity index (χ0v) is 17.0. The van der Waals surface area contributed by atoms with Gasteiger partial charge >= 0.3 is 0 Å². The highest BCUT2D eigenvalue weighted by Gasteiger charge is 2.24. The molecule has 2 saturated heterocycles. The summed E-state index contributed by atoms with van der Waals surface area (Å²) < 4.78 is 6.55. The normalized spacial score (nSPS) is 17.7. The molecule has 0 radical (unpaired) electrons. The van der Waals surface area contributed by atoms with Crippen molar-refractivity contribution in [2.45, 2.75) is 0 Å². The van der Waals surface area contributed by atoms with Crippen molar-refractivity contribution in [2.24, 2.45) is 0 Å². The van der Waals surface area contributed by atoms with Gasteiger partial charge in [-0.1, -0.05) is 18.2 Å². The Hall–Kier alpha value is -2.71. The van der Waals surface area contributed by atoms with E-state index in [4.69, 9.17) is 4.74 Å². The van der Waals surface area contributed by atoms with Crippen LogP contribution in [0.15, 0.2) is 42.5 Å². The molecule has 4 heterocycles. The van der Waals surface area contributed by atoms with E-state index >= 15 is 0 Å². The molecule has 0 bridgehead atoms. The van der Waals surface area contributed by atoms with Crippen molar-refractivity contribution in [3.8, 4) is 0 Å². The Morgan fingerprint density at radius 3 is 2.17 bits per heavy atom. The van der Waals surface area contributed by atoms with Crippen LogP contribution in [0.4, 0.5) is 11.6 Å². The van der Waals surface area contributed by atoms with Crippen LogP contribution in [0, 0.1) is 0 Å². The summed E-state index contributed by atoms with van der Waals surface area (Å²) in [5.74, 6) is 1.89. The predicted octanol–water partition coefficient (Wildman–Crippen LogP) is 2.49. The van der Waals surface area contributed by atoms with Gasteiger partial charge in [-0.3, -0.25) is 4.79 Å². The number of nitrogens with zero attached hydrogens (tertiary/aromatic N) is 5. The number of morpholine rings is 1. The van der Waals surface area contributed by atoms with Gasteiger partial charge in [0.05, 0.1) is 18.1 Å². The van der Waals surface area contributed by atoms with Gasteiger partial charge in [0.25, 0.3) is 5.91 Å². The van der Waals surface area contributed by atoms with Crippen molar-refractivity contribution in [1.29, 1.82) is 0 Å². The number of rotatable bonds is 3. The number of thiophene rings is 1. The van der Waals surface area contributed by atoms with Gasteiger partial charge in [-0.25, -0.2) is 0 Å². The highest BCUT2D eigenvalue weighted by Crippen LogP contribution is 2.27. The topological polar surface area (TPSA) is 61.8 Å². The fraction of sp³-hybridized carbons (Fsp3) is 0.381. The molecule has 2 aliphatic rings. The lowest BCUT2D eigenvalue weighted by Gasteiger charge is -2.35. The van der Waals surface area contributed by atoms with Gasteiger partial charge in [0.15, 0.2) is 11.6 Å². The number of aromatic nitrogens is 2. The lowest BCUT2D eigenvalue weighted by molar-refractivity contribution is 0.0751. The van der Waals surface area contributed by atoms with E-state index in [-0.39, 0.29) is 5.91 Å². The third-order valence-electron chi connectivity index (χ3n) is 5.50. The van der Waals surface area contributed by atoms with Crippen molar-refractivity contribution in [3.63, 3.8) is 0 Å². The van der Waals surface area contributed by atoms with Crippen LogP contribution in [0.25, 0.3) is 10.1 Å². The summed E-state index contributed by atoms with van der Waals surface area (Å²) in [6, 6.07) is 14.2. The average Bonchev–Trinajstić information content (AvgIpc) is 3.24. The van der Waals surface area contributed by atoms with E-state index in [2.05, 4.69) is 32.1 Å². The van der Waals surface area contributed by atoms with Gasteiger partial charge in [-0.15, -0.1) is 21.5 Å². The first-order chi connectivity index (χ1) is 14.3. The highest BCUT2D eigenvalue weighted by molar-refractivity contribution is 7.20. The Bertz CT molecular complexity index is 959.